The van der Waals surface area contributed by atoms with Gasteiger partial charge in [-0.05, 0) is 31.6 Å². The van der Waals surface area contributed by atoms with Crippen LogP contribution in [0.2, 0.25) is 0 Å². The van der Waals surface area contributed by atoms with Crippen molar-refractivity contribution in [2.24, 2.45) is 5.92 Å². The van der Waals surface area contributed by atoms with E-state index in [1.807, 2.05) is 0 Å². The van der Waals surface area contributed by atoms with E-state index >= 15 is 0 Å². The summed E-state index contributed by atoms with van der Waals surface area (Å²) in [6.07, 6.45) is 3.84. The van der Waals surface area contributed by atoms with Gasteiger partial charge in [0.1, 0.15) is 0 Å². The van der Waals surface area contributed by atoms with Crippen molar-refractivity contribution in [3.8, 4) is 0 Å². The van der Waals surface area contributed by atoms with Gasteiger partial charge in [0.2, 0.25) is 0 Å². The Hall–Kier alpha value is 1.19. The van der Waals surface area contributed by atoms with Crippen molar-refractivity contribution in [3.63, 3.8) is 0 Å². The van der Waals surface area contributed by atoms with Gasteiger partial charge in [0.05, 0.1) is 6.10 Å². The van der Waals surface area contributed by atoms with Crippen molar-refractivity contribution in [3.05, 3.63) is 12.1 Å². The second kappa shape index (κ2) is 7.59. The Kier molecular flexibility index (Phi) is 8.15. The molecule has 0 saturated heterocycles. The van der Waals surface area contributed by atoms with E-state index in [0.717, 1.165) is 25.7 Å². The molecule has 0 aromatic heterocycles. The molecule has 0 spiro atoms. The molecule has 1 saturated carbocycles. The van der Waals surface area contributed by atoms with Gasteiger partial charge in [-0.3, -0.25) is 0 Å². The van der Waals surface area contributed by atoms with Gasteiger partial charge in [-0.25, -0.2) is 0 Å². The van der Waals surface area contributed by atoms with Crippen LogP contribution in [0.25, 0.3) is 0 Å². The fourth-order valence-corrected chi connectivity index (χ4v) is 1.72. The first kappa shape index (κ1) is 17.2. The topological polar surface area (TPSA) is 9.23 Å². The summed E-state index contributed by atoms with van der Waals surface area (Å²) in [5.74, 6) is 0.680. The minimum absolute atomic E-state index is 0. The van der Waals surface area contributed by atoms with E-state index in [-0.39, 0.29) is 64.1 Å². The van der Waals surface area contributed by atoms with Gasteiger partial charge in [-0.2, -0.15) is 0 Å². The van der Waals surface area contributed by atoms with E-state index in [0.29, 0.717) is 5.92 Å². The molecular weight excluding hydrogens is 243 g/mol. The van der Waals surface area contributed by atoms with Crippen LogP contribution < -0.4 is 51.4 Å². The second-order valence-electron chi connectivity index (χ2n) is 4.43. The maximum Gasteiger partial charge on any atom is 1.00 e. The van der Waals surface area contributed by atoms with Gasteiger partial charge in [-0.1, -0.05) is 6.92 Å². The summed E-state index contributed by atoms with van der Waals surface area (Å²) in [5, 5.41) is 0. The average molecular weight is 260 g/mol. The van der Waals surface area contributed by atoms with Crippen molar-refractivity contribution >= 4 is 6.98 Å². The smallest absolute Gasteiger partial charge is 0.445 e. The molecule has 0 N–H and O–H groups in total. The van der Waals surface area contributed by atoms with Crippen LogP contribution >= 0.6 is 0 Å². The van der Waals surface area contributed by atoms with E-state index in [1.54, 1.807) is 0 Å². The molecule has 88 valence electrons. The van der Waals surface area contributed by atoms with Crippen molar-refractivity contribution in [2.75, 3.05) is 6.61 Å². The van der Waals surface area contributed by atoms with Crippen LogP contribution in [0.3, 0.4) is 0 Å². The van der Waals surface area contributed by atoms with E-state index in [4.69, 9.17) is 4.74 Å². The average Bonchev–Trinajstić information content (AvgIpc) is 2.15. The summed E-state index contributed by atoms with van der Waals surface area (Å²) < 4.78 is 41.7. The fourth-order valence-electron chi connectivity index (χ4n) is 1.72. The molecule has 0 heterocycles. The second-order valence-corrected chi connectivity index (χ2v) is 4.43. The minimum Gasteiger partial charge on any atom is -0.445 e. The minimum atomic E-state index is -4.93. The zero-order valence-electron chi connectivity index (χ0n) is 10.0. The monoisotopic (exact) mass is 260 g/mol. The Balaban J connectivity index is 0.00000225. The van der Waals surface area contributed by atoms with Crippen molar-refractivity contribution in [1.29, 1.82) is 0 Å². The molecule has 0 aromatic carbocycles. The van der Waals surface area contributed by atoms with Crippen molar-refractivity contribution in [2.45, 2.75) is 38.7 Å². The molecule has 0 unspecified atom stereocenters. The van der Waals surface area contributed by atoms with E-state index < -0.39 is 12.4 Å². The molecule has 0 aromatic rings. The van der Waals surface area contributed by atoms with Crippen LogP contribution in [0, 0.1) is 5.92 Å². The third-order valence-electron chi connectivity index (χ3n) is 2.93. The normalized spacial score (nSPS) is 26.0. The molecule has 0 aliphatic heterocycles. The first-order valence-electron chi connectivity index (χ1n) is 5.39. The summed E-state index contributed by atoms with van der Waals surface area (Å²) in [4.78, 5) is 0. The van der Waals surface area contributed by atoms with Crippen LogP contribution in [0.5, 0.6) is 0 Å². The van der Waals surface area contributed by atoms with Gasteiger partial charge in [0.25, 0.3) is 0 Å². The number of rotatable bonds is 4. The Morgan fingerprint density at radius 1 is 1.25 bits per heavy atom. The van der Waals surface area contributed by atoms with Gasteiger partial charge >= 0.3 is 58.4 Å². The molecule has 1 fully saturated rings. The third-order valence-corrected chi connectivity index (χ3v) is 2.93. The largest absolute Gasteiger partial charge is 1.00 e. The molecule has 0 amide bonds. The molecule has 1 nitrogen and oxygen atoms in total. The Bertz CT molecular complexity index is 225. The molecular formula is C10H17BF3KO. The molecule has 1 aliphatic rings. The Labute approximate surface area is 138 Å². The van der Waals surface area contributed by atoms with Gasteiger partial charge in [0, 0.05) is 6.61 Å². The van der Waals surface area contributed by atoms with Crippen LogP contribution in [0.15, 0.2) is 12.1 Å². The number of hydrogen-bond acceptors (Lipinski definition) is 1. The van der Waals surface area contributed by atoms with Crippen LogP contribution in [0.4, 0.5) is 12.9 Å². The maximum atomic E-state index is 12.1. The van der Waals surface area contributed by atoms with Gasteiger partial charge in [0.15, 0.2) is 0 Å². The van der Waals surface area contributed by atoms with Crippen LogP contribution in [-0.2, 0) is 4.74 Å². The Morgan fingerprint density at radius 3 is 2.19 bits per heavy atom. The summed E-state index contributed by atoms with van der Waals surface area (Å²) in [6.45, 7) is -0.125. The molecule has 6 heteroatoms. The molecule has 0 atom stereocenters. The predicted octanol–water partition coefficient (Wildman–Crippen LogP) is 0.528. The van der Waals surface area contributed by atoms with E-state index in [9.17, 15) is 12.9 Å². The SMILES string of the molecule is C=C(COC1CCC(C)CC1)[B-](F)(F)F.[K+]. The molecule has 16 heavy (non-hydrogen) atoms. The van der Waals surface area contributed by atoms with Gasteiger partial charge in [-0.15, -0.1) is 12.1 Å². The van der Waals surface area contributed by atoms with Crippen LogP contribution in [-0.4, -0.2) is 19.7 Å². The Morgan fingerprint density at radius 2 is 1.75 bits per heavy atom. The van der Waals surface area contributed by atoms with Crippen molar-refractivity contribution < 1.29 is 69.1 Å². The summed E-state index contributed by atoms with van der Waals surface area (Å²) in [7, 11) is 0. The fraction of sp³-hybridized carbons (Fsp3) is 0.800. The first-order chi connectivity index (χ1) is 6.89. The quantitative estimate of drug-likeness (QED) is 0.670. The van der Waals surface area contributed by atoms with E-state index in [1.165, 1.54) is 0 Å². The number of halogens is 3. The molecule has 1 rings (SSSR count). The number of hydrogen-bond donors (Lipinski definition) is 0. The summed E-state index contributed by atoms with van der Waals surface area (Å²) >= 11 is 0. The van der Waals surface area contributed by atoms with Crippen molar-refractivity contribution in [1.82, 2.24) is 0 Å². The van der Waals surface area contributed by atoms with Crippen LogP contribution in [0.1, 0.15) is 32.6 Å². The molecule has 0 radical (unpaired) electrons. The molecule has 1 aliphatic carbocycles. The predicted molar refractivity (Wildman–Crippen MR) is 55.6 cm³/mol. The third kappa shape index (κ3) is 6.21. The standard InChI is InChI=1S/C10H17BF3O.K/c1-8-3-5-10(6-4-8)15-7-9(2)11(12,13)14;/h8,10H,2-7H2,1H3;/q-1;+1. The molecule has 0 bridgehead atoms. The summed E-state index contributed by atoms with van der Waals surface area (Å²) in [6, 6.07) is 0. The summed E-state index contributed by atoms with van der Waals surface area (Å²) in [5.41, 5.74) is -0.728. The maximum absolute atomic E-state index is 12.1. The zero-order valence-corrected chi connectivity index (χ0v) is 13.1. The first-order valence-corrected chi connectivity index (χ1v) is 5.39. The number of ether oxygens (including phenoxy) is 1. The van der Waals surface area contributed by atoms with Gasteiger partial charge < -0.3 is 17.7 Å². The zero-order chi connectivity index (χ0) is 11.5. The van der Waals surface area contributed by atoms with E-state index in [2.05, 4.69) is 13.5 Å².